The van der Waals surface area contributed by atoms with E-state index in [0.29, 0.717) is 13.1 Å². The van der Waals surface area contributed by atoms with Gasteiger partial charge in [0.1, 0.15) is 0 Å². The van der Waals surface area contributed by atoms with Crippen LogP contribution < -0.4 is 10.2 Å². The largest absolute Gasteiger partial charge is 0.367 e. The van der Waals surface area contributed by atoms with Crippen molar-refractivity contribution in [1.82, 2.24) is 20.1 Å². The number of amides is 3. The first-order chi connectivity index (χ1) is 13.2. The molecular formula is C20H27N5O2. The standard InChI is InChI=1S/C20H27N5O2/c26-19(24-9-2-1-3-10-24)15-22-20(27)25-13-11-23(12-14-25)18-6-4-5-17-16(18)7-8-21-17/h4-8,21H,1-3,9-15H2,(H,22,27). The quantitative estimate of drug-likeness (QED) is 0.869. The van der Waals surface area contributed by atoms with Gasteiger partial charge >= 0.3 is 6.03 Å². The highest BCUT2D eigenvalue weighted by atomic mass is 16.2. The van der Waals surface area contributed by atoms with E-state index in [9.17, 15) is 9.59 Å². The number of aromatic nitrogens is 1. The highest BCUT2D eigenvalue weighted by Crippen LogP contribution is 2.26. The second kappa shape index (κ2) is 7.90. The maximum Gasteiger partial charge on any atom is 0.317 e. The molecule has 2 saturated heterocycles. The second-order valence-corrected chi connectivity index (χ2v) is 7.29. The van der Waals surface area contributed by atoms with Crippen LogP contribution in [0.1, 0.15) is 19.3 Å². The van der Waals surface area contributed by atoms with Crippen LogP contribution in [0.2, 0.25) is 0 Å². The molecule has 2 fully saturated rings. The van der Waals surface area contributed by atoms with Gasteiger partial charge in [-0.1, -0.05) is 6.07 Å². The van der Waals surface area contributed by atoms with E-state index in [-0.39, 0.29) is 18.5 Å². The first-order valence-corrected chi connectivity index (χ1v) is 9.84. The molecule has 0 unspecified atom stereocenters. The molecule has 3 amide bonds. The van der Waals surface area contributed by atoms with Crippen LogP contribution in [0.3, 0.4) is 0 Å². The first kappa shape index (κ1) is 17.7. The number of hydrogen-bond donors (Lipinski definition) is 2. The van der Waals surface area contributed by atoms with Crippen molar-refractivity contribution in [3.63, 3.8) is 0 Å². The molecule has 1 aromatic heterocycles. The molecule has 4 rings (SSSR count). The summed E-state index contributed by atoms with van der Waals surface area (Å²) >= 11 is 0. The molecule has 0 atom stereocenters. The third-order valence-electron chi connectivity index (χ3n) is 5.58. The Morgan fingerprint density at radius 2 is 1.70 bits per heavy atom. The maximum absolute atomic E-state index is 12.4. The number of nitrogens with one attached hydrogen (secondary N) is 2. The number of anilines is 1. The van der Waals surface area contributed by atoms with Crippen LogP contribution in [0.4, 0.5) is 10.5 Å². The Kier molecular flexibility index (Phi) is 5.18. The molecule has 7 heteroatoms. The van der Waals surface area contributed by atoms with Crippen molar-refractivity contribution in [3.8, 4) is 0 Å². The number of aromatic amines is 1. The lowest BCUT2D eigenvalue weighted by Crippen LogP contribution is -2.53. The van der Waals surface area contributed by atoms with Gasteiger partial charge in [0.25, 0.3) is 0 Å². The molecule has 0 radical (unpaired) electrons. The number of rotatable bonds is 3. The number of benzene rings is 1. The normalized spacial score (nSPS) is 18.0. The molecule has 0 aliphatic carbocycles. The maximum atomic E-state index is 12.4. The third kappa shape index (κ3) is 3.86. The molecule has 27 heavy (non-hydrogen) atoms. The third-order valence-corrected chi connectivity index (χ3v) is 5.58. The lowest BCUT2D eigenvalue weighted by molar-refractivity contribution is -0.130. The summed E-state index contributed by atoms with van der Waals surface area (Å²) in [4.78, 5) is 33.8. The molecule has 2 aromatic rings. The number of carbonyl (C=O) groups excluding carboxylic acids is 2. The van der Waals surface area contributed by atoms with Crippen LogP contribution in [0, 0.1) is 0 Å². The van der Waals surface area contributed by atoms with Gasteiger partial charge in [0.15, 0.2) is 0 Å². The Morgan fingerprint density at radius 1 is 0.926 bits per heavy atom. The van der Waals surface area contributed by atoms with Gasteiger partial charge in [0.2, 0.25) is 5.91 Å². The molecule has 3 heterocycles. The fourth-order valence-corrected chi connectivity index (χ4v) is 4.01. The van der Waals surface area contributed by atoms with Crippen molar-refractivity contribution < 1.29 is 9.59 Å². The molecule has 7 nitrogen and oxygen atoms in total. The van der Waals surface area contributed by atoms with Crippen molar-refractivity contribution >= 4 is 28.5 Å². The molecule has 0 bridgehead atoms. The Morgan fingerprint density at radius 3 is 2.48 bits per heavy atom. The number of H-pyrrole nitrogens is 1. The fourth-order valence-electron chi connectivity index (χ4n) is 4.01. The van der Waals surface area contributed by atoms with E-state index in [4.69, 9.17) is 0 Å². The van der Waals surface area contributed by atoms with Gasteiger partial charge < -0.3 is 25.0 Å². The number of hydrogen-bond acceptors (Lipinski definition) is 3. The zero-order chi connectivity index (χ0) is 18.6. The van der Waals surface area contributed by atoms with E-state index in [1.165, 1.54) is 17.5 Å². The van der Waals surface area contributed by atoms with E-state index >= 15 is 0 Å². The van der Waals surface area contributed by atoms with Crippen LogP contribution in [0.15, 0.2) is 30.5 Å². The number of urea groups is 1. The van der Waals surface area contributed by atoms with Crippen LogP contribution in [-0.4, -0.2) is 72.5 Å². The Balaban J connectivity index is 1.28. The Bertz CT molecular complexity index is 804. The topological polar surface area (TPSA) is 71.7 Å². The summed E-state index contributed by atoms with van der Waals surface area (Å²) in [6, 6.07) is 8.21. The van der Waals surface area contributed by atoms with Gasteiger partial charge in [-0.2, -0.15) is 0 Å². The predicted octanol–water partition coefficient (Wildman–Crippen LogP) is 2.01. The molecule has 2 N–H and O–H groups in total. The number of likely N-dealkylation sites (tertiary alicyclic amines) is 1. The summed E-state index contributed by atoms with van der Waals surface area (Å²) in [6.45, 7) is 4.63. The van der Waals surface area contributed by atoms with E-state index in [0.717, 1.165) is 44.5 Å². The van der Waals surface area contributed by atoms with Crippen molar-refractivity contribution in [2.75, 3.05) is 50.7 Å². The van der Waals surface area contributed by atoms with Crippen molar-refractivity contribution in [1.29, 1.82) is 0 Å². The lowest BCUT2D eigenvalue weighted by Gasteiger charge is -2.36. The highest BCUT2D eigenvalue weighted by molar-refractivity contribution is 5.92. The summed E-state index contributed by atoms with van der Waals surface area (Å²) in [5, 5.41) is 4.01. The molecule has 2 aliphatic rings. The number of carbonyl (C=O) groups is 2. The monoisotopic (exact) mass is 369 g/mol. The van der Waals surface area contributed by atoms with E-state index in [1.807, 2.05) is 11.1 Å². The van der Waals surface area contributed by atoms with Crippen LogP contribution in [0.25, 0.3) is 10.9 Å². The van der Waals surface area contributed by atoms with E-state index in [2.05, 4.69) is 39.5 Å². The fraction of sp³-hybridized carbons (Fsp3) is 0.500. The summed E-state index contributed by atoms with van der Waals surface area (Å²) < 4.78 is 0. The highest BCUT2D eigenvalue weighted by Gasteiger charge is 2.23. The predicted molar refractivity (Wildman–Crippen MR) is 106 cm³/mol. The molecule has 0 spiro atoms. The number of piperidine rings is 1. The summed E-state index contributed by atoms with van der Waals surface area (Å²) in [5.41, 5.74) is 2.33. The first-order valence-electron chi connectivity index (χ1n) is 9.84. The van der Waals surface area contributed by atoms with Gasteiger partial charge in [-0.15, -0.1) is 0 Å². The summed E-state index contributed by atoms with van der Waals surface area (Å²) in [7, 11) is 0. The molecule has 2 aliphatic heterocycles. The SMILES string of the molecule is O=C(CNC(=O)N1CCN(c2cccc3[nH]ccc23)CC1)N1CCCCC1. The zero-order valence-corrected chi connectivity index (χ0v) is 15.6. The smallest absolute Gasteiger partial charge is 0.317 e. The molecule has 1 aromatic carbocycles. The van der Waals surface area contributed by atoms with Crippen LogP contribution in [-0.2, 0) is 4.79 Å². The Labute approximate surface area is 159 Å². The van der Waals surface area contributed by atoms with Gasteiger partial charge in [-0.25, -0.2) is 4.79 Å². The van der Waals surface area contributed by atoms with Gasteiger partial charge in [0, 0.05) is 62.1 Å². The van der Waals surface area contributed by atoms with Crippen LogP contribution >= 0.6 is 0 Å². The number of fused-ring (bicyclic) bond motifs is 1. The lowest BCUT2D eigenvalue weighted by atomic mass is 10.1. The Hall–Kier alpha value is -2.70. The molecule has 144 valence electrons. The summed E-state index contributed by atoms with van der Waals surface area (Å²) in [6.07, 6.45) is 5.28. The minimum atomic E-state index is -0.139. The van der Waals surface area contributed by atoms with Crippen molar-refractivity contribution in [2.24, 2.45) is 0 Å². The number of piperazine rings is 1. The number of nitrogens with zero attached hydrogens (tertiary/aromatic N) is 3. The van der Waals surface area contributed by atoms with Crippen molar-refractivity contribution in [2.45, 2.75) is 19.3 Å². The molecule has 0 saturated carbocycles. The van der Waals surface area contributed by atoms with Gasteiger partial charge in [-0.05, 0) is 37.5 Å². The van der Waals surface area contributed by atoms with Crippen LogP contribution in [0.5, 0.6) is 0 Å². The average molecular weight is 369 g/mol. The molecular weight excluding hydrogens is 342 g/mol. The summed E-state index contributed by atoms with van der Waals surface area (Å²) in [5.74, 6) is 0.0285. The van der Waals surface area contributed by atoms with Gasteiger partial charge in [-0.3, -0.25) is 4.79 Å². The van der Waals surface area contributed by atoms with Crippen molar-refractivity contribution in [3.05, 3.63) is 30.5 Å². The van der Waals surface area contributed by atoms with E-state index < -0.39 is 0 Å². The average Bonchev–Trinajstić information content (AvgIpc) is 3.21. The zero-order valence-electron chi connectivity index (χ0n) is 15.6. The van der Waals surface area contributed by atoms with E-state index in [1.54, 1.807) is 4.90 Å². The van der Waals surface area contributed by atoms with Gasteiger partial charge in [0.05, 0.1) is 6.54 Å². The second-order valence-electron chi connectivity index (χ2n) is 7.29. The minimum Gasteiger partial charge on any atom is -0.367 e. The minimum absolute atomic E-state index is 0.0285.